The van der Waals surface area contributed by atoms with Gasteiger partial charge < -0.3 is 18.9 Å². The molecule has 40 heavy (non-hydrogen) atoms. The van der Waals surface area contributed by atoms with Crippen molar-refractivity contribution in [3.05, 3.63) is 100 Å². The summed E-state index contributed by atoms with van der Waals surface area (Å²) in [5.74, 6) is -0.274. The van der Waals surface area contributed by atoms with Crippen LogP contribution in [0.15, 0.2) is 84.0 Å². The summed E-state index contributed by atoms with van der Waals surface area (Å²) in [6, 6.07) is 21.2. The lowest BCUT2D eigenvalue weighted by Gasteiger charge is -2.13. The van der Waals surface area contributed by atoms with E-state index in [1.807, 2.05) is 24.3 Å². The van der Waals surface area contributed by atoms with E-state index >= 15 is 0 Å². The number of nitrogens with zero attached hydrogens (tertiary/aromatic N) is 2. The zero-order chi connectivity index (χ0) is 28.6. The standard InChI is InChI=1S/C29H25N3O8/c1-18(39-25-11-7-6-10-23(25)32(35)36)28(33)31-30-17-22-21-9-5-4-8-19(21)12-14-24(22)40-29(34)20-13-15-26(37-2)27(16-20)38-3/h4-18H,1-3H3,(H,31,33)/b30-17-/t18-/m0/s1. The number of esters is 1. The Morgan fingerprint density at radius 3 is 2.35 bits per heavy atom. The minimum atomic E-state index is -1.09. The van der Waals surface area contributed by atoms with Crippen molar-refractivity contribution in [3.63, 3.8) is 0 Å². The number of nitro groups is 1. The Labute approximate surface area is 229 Å². The molecule has 4 aromatic carbocycles. The van der Waals surface area contributed by atoms with E-state index < -0.39 is 22.9 Å². The van der Waals surface area contributed by atoms with Gasteiger partial charge in [-0.15, -0.1) is 0 Å². The summed E-state index contributed by atoms with van der Waals surface area (Å²) >= 11 is 0. The fraction of sp³-hybridized carbons (Fsp3) is 0.138. The molecule has 0 saturated carbocycles. The van der Waals surface area contributed by atoms with Gasteiger partial charge in [0.05, 0.1) is 30.9 Å². The number of methoxy groups -OCH3 is 2. The van der Waals surface area contributed by atoms with E-state index in [4.69, 9.17) is 18.9 Å². The van der Waals surface area contributed by atoms with E-state index in [1.54, 1.807) is 30.3 Å². The number of hydrogen-bond acceptors (Lipinski definition) is 9. The van der Waals surface area contributed by atoms with Gasteiger partial charge in [0, 0.05) is 11.6 Å². The molecule has 0 aliphatic carbocycles. The van der Waals surface area contributed by atoms with Crippen LogP contribution in [0.2, 0.25) is 0 Å². The fourth-order valence-electron chi connectivity index (χ4n) is 3.82. The number of nitrogens with one attached hydrogen (secondary N) is 1. The number of benzene rings is 4. The molecule has 1 N–H and O–H groups in total. The van der Waals surface area contributed by atoms with Gasteiger partial charge in [-0.05, 0) is 48.0 Å². The van der Waals surface area contributed by atoms with Crippen LogP contribution in [0.4, 0.5) is 5.69 Å². The van der Waals surface area contributed by atoms with E-state index in [0.717, 1.165) is 10.8 Å². The quantitative estimate of drug-likeness (QED) is 0.0980. The fourth-order valence-corrected chi connectivity index (χ4v) is 3.82. The first-order valence-corrected chi connectivity index (χ1v) is 12.0. The first-order valence-electron chi connectivity index (χ1n) is 12.0. The van der Waals surface area contributed by atoms with Crippen molar-refractivity contribution in [3.8, 4) is 23.0 Å². The Hall–Kier alpha value is -5.45. The Bertz CT molecular complexity index is 1600. The Morgan fingerprint density at radius 1 is 0.900 bits per heavy atom. The molecule has 4 aromatic rings. The third-order valence-electron chi connectivity index (χ3n) is 5.86. The van der Waals surface area contributed by atoms with Crippen molar-refractivity contribution in [2.45, 2.75) is 13.0 Å². The van der Waals surface area contributed by atoms with Crippen LogP contribution in [0, 0.1) is 10.1 Å². The molecule has 0 aromatic heterocycles. The summed E-state index contributed by atoms with van der Waals surface area (Å²) in [6.07, 6.45) is 0.267. The normalized spacial score (nSPS) is 11.6. The van der Waals surface area contributed by atoms with Crippen LogP contribution in [0.25, 0.3) is 10.8 Å². The number of carbonyl (C=O) groups excluding carboxylic acids is 2. The maximum absolute atomic E-state index is 13.0. The Morgan fingerprint density at radius 2 is 1.60 bits per heavy atom. The van der Waals surface area contributed by atoms with Crippen LogP contribution in [-0.2, 0) is 4.79 Å². The van der Waals surface area contributed by atoms with E-state index in [1.165, 1.54) is 51.6 Å². The lowest BCUT2D eigenvalue weighted by Crippen LogP contribution is -2.33. The molecule has 11 heteroatoms. The van der Waals surface area contributed by atoms with Crippen LogP contribution >= 0.6 is 0 Å². The highest BCUT2D eigenvalue weighted by Crippen LogP contribution is 2.31. The average molecular weight is 544 g/mol. The lowest BCUT2D eigenvalue weighted by atomic mass is 10.0. The van der Waals surface area contributed by atoms with Crippen LogP contribution in [0.3, 0.4) is 0 Å². The maximum Gasteiger partial charge on any atom is 0.343 e. The van der Waals surface area contributed by atoms with Crippen molar-refractivity contribution >= 4 is 34.6 Å². The Kier molecular flexibility index (Phi) is 8.55. The molecule has 0 bridgehead atoms. The summed E-state index contributed by atoms with van der Waals surface area (Å²) in [7, 11) is 2.96. The molecule has 1 atom stereocenters. The molecule has 4 rings (SSSR count). The molecule has 0 fully saturated rings. The van der Waals surface area contributed by atoms with Crippen LogP contribution < -0.4 is 24.4 Å². The highest BCUT2D eigenvalue weighted by molar-refractivity contribution is 6.04. The summed E-state index contributed by atoms with van der Waals surface area (Å²) in [6.45, 7) is 1.44. The summed E-state index contributed by atoms with van der Waals surface area (Å²) in [4.78, 5) is 36.2. The number of nitro benzene ring substituents is 1. The van der Waals surface area contributed by atoms with E-state index in [9.17, 15) is 19.7 Å². The smallest absolute Gasteiger partial charge is 0.343 e. The minimum absolute atomic E-state index is 0.0439. The average Bonchev–Trinajstić information content (AvgIpc) is 2.97. The Balaban J connectivity index is 1.55. The van der Waals surface area contributed by atoms with Gasteiger partial charge in [0.2, 0.25) is 0 Å². The zero-order valence-electron chi connectivity index (χ0n) is 21.8. The van der Waals surface area contributed by atoms with Crippen molar-refractivity contribution in [2.75, 3.05) is 14.2 Å². The number of ether oxygens (including phenoxy) is 4. The van der Waals surface area contributed by atoms with Crippen molar-refractivity contribution in [1.29, 1.82) is 0 Å². The van der Waals surface area contributed by atoms with Gasteiger partial charge >= 0.3 is 11.7 Å². The van der Waals surface area contributed by atoms with Crippen molar-refractivity contribution in [1.82, 2.24) is 5.43 Å². The molecule has 0 unspecified atom stereocenters. The van der Waals surface area contributed by atoms with Gasteiger partial charge in [0.15, 0.2) is 23.4 Å². The van der Waals surface area contributed by atoms with Crippen molar-refractivity contribution < 1.29 is 33.5 Å². The molecule has 0 aliphatic rings. The van der Waals surface area contributed by atoms with Crippen LogP contribution in [0.1, 0.15) is 22.8 Å². The highest BCUT2D eigenvalue weighted by Gasteiger charge is 2.21. The SMILES string of the molecule is COc1ccc(C(=O)Oc2ccc3ccccc3c2/C=N\NC(=O)[C@H](C)Oc2ccccc2[N+](=O)[O-])cc1OC. The van der Waals surface area contributed by atoms with Crippen LogP contribution in [0.5, 0.6) is 23.0 Å². The topological polar surface area (TPSA) is 139 Å². The maximum atomic E-state index is 13.0. The summed E-state index contributed by atoms with van der Waals surface area (Å²) in [5, 5.41) is 16.8. The highest BCUT2D eigenvalue weighted by atomic mass is 16.6. The zero-order valence-corrected chi connectivity index (χ0v) is 21.8. The number of carbonyl (C=O) groups is 2. The van der Waals surface area contributed by atoms with E-state index in [0.29, 0.717) is 17.1 Å². The van der Waals surface area contributed by atoms with Gasteiger partial charge in [0.25, 0.3) is 5.91 Å². The molecule has 11 nitrogen and oxygen atoms in total. The molecule has 0 heterocycles. The molecule has 204 valence electrons. The van der Waals surface area contributed by atoms with Gasteiger partial charge in [-0.1, -0.05) is 42.5 Å². The number of amides is 1. The lowest BCUT2D eigenvalue weighted by molar-refractivity contribution is -0.386. The third-order valence-corrected chi connectivity index (χ3v) is 5.86. The minimum Gasteiger partial charge on any atom is -0.493 e. The third kappa shape index (κ3) is 6.16. The van der Waals surface area contributed by atoms with Gasteiger partial charge in [0.1, 0.15) is 5.75 Å². The molecule has 1 amide bonds. The van der Waals surface area contributed by atoms with Gasteiger partial charge in [-0.25, -0.2) is 10.2 Å². The largest absolute Gasteiger partial charge is 0.493 e. The molecule has 0 spiro atoms. The summed E-state index contributed by atoms with van der Waals surface area (Å²) < 4.78 is 21.7. The second kappa shape index (κ2) is 12.4. The number of fused-ring (bicyclic) bond motifs is 1. The van der Waals surface area contributed by atoms with Crippen molar-refractivity contribution in [2.24, 2.45) is 5.10 Å². The molecular weight excluding hydrogens is 518 g/mol. The second-order valence-electron chi connectivity index (χ2n) is 8.38. The molecule has 0 radical (unpaired) electrons. The predicted molar refractivity (Wildman–Crippen MR) is 147 cm³/mol. The monoisotopic (exact) mass is 543 g/mol. The molecule has 0 saturated heterocycles. The van der Waals surface area contributed by atoms with E-state index in [-0.39, 0.29) is 22.7 Å². The summed E-state index contributed by atoms with van der Waals surface area (Å²) in [5.41, 5.74) is 2.79. The van der Waals surface area contributed by atoms with Gasteiger partial charge in [-0.3, -0.25) is 14.9 Å². The molecular formula is C29H25N3O8. The predicted octanol–water partition coefficient (Wildman–Crippen LogP) is 4.90. The second-order valence-corrected chi connectivity index (χ2v) is 8.38. The van der Waals surface area contributed by atoms with E-state index in [2.05, 4.69) is 10.5 Å². The number of rotatable bonds is 10. The number of hydrogen-bond donors (Lipinski definition) is 1. The molecule has 0 aliphatic heterocycles. The van der Waals surface area contributed by atoms with Crippen LogP contribution in [-0.4, -0.2) is 43.3 Å². The van der Waals surface area contributed by atoms with Gasteiger partial charge in [-0.2, -0.15) is 5.10 Å². The number of para-hydroxylation sites is 2. The first-order chi connectivity index (χ1) is 19.3. The first kappa shape index (κ1) is 27.6. The number of hydrazone groups is 1.